The average molecular weight is 662 g/mol. The van der Waals surface area contributed by atoms with Crippen LogP contribution in [0, 0.1) is 35.5 Å². The van der Waals surface area contributed by atoms with Crippen LogP contribution in [-0.4, -0.2) is 90.1 Å². The number of hydrogen-bond acceptors (Lipinski definition) is 10. The molecule has 6 rings (SSSR count). The average Bonchev–Trinajstić information content (AvgIpc) is 3.58. The van der Waals surface area contributed by atoms with E-state index in [0.29, 0.717) is 24.7 Å². The number of nitrogens with one attached hydrogen (secondary N) is 1. The highest BCUT2D eigenvalue weighted by molar-refractivity contribution is 5.89. The van der Waals surface area contributed by atoms with Crippen molar-refractivity contribution in [3.63, 3.8) is 0 Å². The Morgan fingerprint density at radius 2 is 1.91 bits per heavy atom. The smallest absolute Gasteiger partial charge is 0.334 e. The molecule has 6 fully saturated rings. The van der Waals surface area contributed by atoms with Crippen molar-refractivity contribution < 1.29 is 39.3 Å². The van der Waals surface area contributed by atoms with Crippen LogP contribution in [0.5, 0.6) is 0 Å². The zero-order chi connectivity index (χ0) is 33.3. The number of carbonyl (C=O) groups excluding carboxylic acids is 2. The van der Waals surface area contributed by atoms with Gasteiger partial charge in [-0.1, -0.05) is 18.9 Å². The van der Waals surface area contributed by atoms with Gasteiger partial charge in [0.2, 0.25) is 0 Å². The lowest BCUT2D eigenvalue weighted by Crippen LogP contribution is -2.95. The van der Waals surface area contributed by atoms with Crippen molar-refractivity contribution >= 4 is 11.8 Å². The van der Waals surface area contributed by atoms with Gasteiger partial charge >= 0.3 is 5.97 Å². The number of fused-ring (bicyclic) bond motifs is 2. The lowest BCUT2D eigenvalue weighted by Gasteiger charge is -2.58. The van der Waals surface area contributed by atoms with Gasteiger partial charge in [-0.15, -0.1) is 0 Å². The number of nitrogens with two attached hydrogens (primary N) is 3. The Balaban J connectivity index is 1.30. The fourth-order valence-electron chi connectivity index (χ4n) is 10.1. The number of rotatable bonds is 9. The molecule has 4 saturated heterocycles. The number of quaternary nitrogens is 1. The number of aliphatic hydroxyl groups is 2. The van der Waals surface area contributed by atoms with E-state index >= 15 is 0 Å². The largest absolute Gasteiger partial charge is 0.456 e. The molecular formula is C36H61N4O7+. The quantitative estimate of drug-likeness (QED) is 0.155. The molecule has 0 amide bonds. The number of esters is 1. The Labute approximate surface area is 280 Å². The molecule has 9 N–H and O–H groups in total. The van der Waals surface area contributed by atoms with Crippen molar-refractivity contribution in [1.29, 1.82) is 0 Å². The molecular weight excluding hydrogens is 600 g/mol. The predicted octanol–water partition coefficient (Wildman–Crippen LogP) is 1.24. The zero-order valence-corrected chi connectivity index (χ0v) is 28.6. The summed E-state index contributed by atoms with van der Waals surface area (Å²) in [7, 11) is 0. The lowest BCUT2D eigenvalue weighted by atomic mass is 9.60. The predicted molar refractivity (Wildman–Crippen MR) is 175 cm³/mol. The highest BCUT2D eigenvalue weighted by Gasteiger charge is 2.61. The molecule has 47 heavy (non-hydrogen) atoms. The van der Waals surface area contributed by atoms with E-state index in [9.17, 15) is 19.8 Å². The molecule has 266 valence electrons. The van der Waals surface area contributed by atoms with Crippen LogP contribution in [0.25, 0.3) is 0 Å². The first kappa shape index (κ1) is 35.4. The monoisotopic (exact) mass is 661 g/mol. The number of allylic oxidation sites excluding steroid dienone is 1. The maximum atomic E-state index is 13.9. The molecule has 0 aromatic heterocycles. The van der Waals surface area contributed by atoms with Crippen molar-refractivity contribution in [2.45, 2.75) is 146 Å². The van der Waals surface area contributed by atoms with Gasteiger partial charge in [-0.25, -0.2) is 4.79 Å². The van der Waals surface area contributed by atoms with Crippen LogP contribution in [0.15, 0.2) is 11.6 Å². The third-order valence-corrected chi connectivity index (χ3v) is 12.8. The third-order valence-electron chi connectivity index (χ3n) is 12.8. The summed E-state index contributed by atoms with van der Waals surface area (Å²) in [5, 5.41) is 27.6. The van der Waals surface area contributed by atoms with Crippen LogP contribution in [-0.2, 0) is 23.8 Å². The van der Waals surface area contributed by atoms with E-state index in [4.69, 9.17) is 25.7 Å². The van der Waals surface area contributed by atoms with Crippen molar-refractivity contribution in [3.05, 3.63) is 11.6 Å². The van der Waals surface area contributed by atoms with Gasteiger partial charge in [0.1, 0.15) is 23.7 Å². The molecule has 13 atom stereocenters. The molecule has 2 saturated carbocycles. The molecule has 0 spiro atoms. The minimum Gasteiger partial charge on any atom is -0.456 e. The number of aliphatic hydroxyl groups excluding tert-OH is 2. The van der Waals surface area contributed by atoms with E-state index in [0.717, 1.165) is 82.9 Å². The van der Waals surface area contributed by atoms with Gasteiger partial charge in [0, 0.05) is 36.2 Å². The molecule has 11 heteroatoms. The van der Waals surface area contributed by atoms with Crippen LogP contribution < -0.4 is 22.1 Å². The number of Topliss-reactive ketones (excluding diaryl/α,β-unsaturated/α-hetero) is 1. The second-order valence-electron chi connectivity index (χ2n) is 16.0. The van der Waals surface area contributed by atoms with Gasteiger partial charge in [-0.3, -0.25) is 10.5 Å². The first-order chi connectivity index (χ1) is 22.6. The maximum absolute atomic E-state index is 13.9. The number of ketones is 1. The molecule has 13 unspecified atom stereocenters. The number of ether oxygens (including phenoxy) is 3. The SMILES string of the molecule is CC=C(C(=O)OC1CC2C(O)C3C(=O)CC(CO)OC3C(CC3CCNC(N)C3)C2OC1(C)CCC1CCC(N)[NH2+]C1)C1CCCC1. The van der Waals surface area contributed by atoms with Gasteiger partial charge in [0.15, 0.2) is 0 Å². The van der Waals surface area contributed by atoms with E-state index < -0.39 is 35.9 Å². The second-order valence-corrected chi connectivity index (χ2v) is 16.0. The molecule has 0 bridgehead atoms. The number of hydrogen-bond donors (Lipinski definition) is 6. The van der Waals surface area contributed by atoms with Gasteiger partial charge in [0.05, 0.1) is 49.7 Å². The topological polar surface area (TPSA) is 183 Å². The van der Waals surface area contributed by atoms with E-state index in [1.54, 1.807) is 0 Å². The van der Waals surface area contributed by atoms with Crippen LogP contribution in [0.3, 0.4) is 0 Å². The Hall–Kier alpha value is -1.44. The fraction of sp³-hybridized carbons (Fsp3) is 0.889. The summed E-state index contributed by atoms with van der Waals surface area (Å²) >= 11 is 0. The molecule has 0 aromatic carbocycles. The van der Waals surface area contributed by atoms with Crippen molar-refractivity contribution in [2.75, 3.05) is 19.7 Å². The minimum atomic E-state index is -0.986. The zero-order valence-electron chi connectivity index (χ0n) is 28.6. The van der Waals surface area contributed by atoms with Crippen LogP contribution in [0.1, 0.15) is 97.3 Å². The van der Waals surface area contributed by atoms with Crippen molar-refractivity contribution in [3.8, 4) is 0 Å². The molecule has 4 heterocycles. The molecule has 0 radical (unpaired) electrons. The van der Waals surface area contributed by atoms with Crippen LogP contribution in [0.2, 0.25) is 0 Å². The van der Waals surface area contributed by atoms with E-state index in [1.807, 2.05) is 13.0 Å². The van der Waals surface area contributed by atoms with E-state index in [-0.39, 0.29) is 61.0 Å². The Kier molecular flexibility index (Phi) is 11.5. The highest BCUT2D eigenvalue weighted by atomic mass is 16.6. The summed E-state index contributed by atoms with van der Waals surface area (Å²) < 4.78 is 20.2. The molecule has 2 aliphatic carbocycles. The standard InChI is InChI=1S/C36H60N4O7/c1-3-24(22-6-4-5-7-22)35(44)46-28-17-25-32(43)31-27(42)16-23(19-41)45-34(31)26(14-21-11-13-39-30(38)15-21)33(25)47-36(28,2)12-10-20-8-9-29(37)40-18-20/h3,20-23,25-26,28-34,39-41,43H,4-19,37-38H2,1-2H3/p+1. The number of piperidine rings is 2. The van der Waals surface area contributed by atoms with Gasteiger partial charge < -0.3 is 40.8 Å². The minimum absolute atomic E-state index is 0.0654. The molecule has 0 aromatic rings. The summed E-state index contributed by atoms with van der Waals surface area (Å²) in [6, 6.07) is 0. The van der Waals surface area contributed by atoms with Crippen molar-refractivity contribution in [1.82, 2.24) is 5.32 Å². The first-order valence-corrected chi connectivity index (χ1v) is 18.7. The summed E-state index contributed by atoms with van der Waals surface area (Å²) in [5.41, 5.74) is 12.5. The Morgan fingerprint density at radius 3 is 2.60 bits per heavy atom. The van der Waals surface area contributed by atoms with Gasteiger partial charge in [-0.2, -0.15) is 0 Å². The Morgan fingerprint density at radius 1 is 1.13 bits per heavy atom. The van der Waals surface area contributed by atoms with Crippen LogP contribution >= 0.6 is 0 Å². The fourth-order valence-corrected chi connectivity index (χ4v) is 10.1. The van der Waals surface area contributed by atoms with E-state index in [1.165, 1.54) is 0 Å². The first-order valence-electron chi connectivity index (χ1n) is 18.7. The van der Waals surface area contributed by atoms with E-state index in [2.05, 4.69) is 17.6 Å². The lowest BCUT2D eigenvalue weighted by molar-refractivity contribution is -0.703. The molecule has 6 aliphatic rings. The third kappa shape index (κ3) is 7.67. The summed E-state index contributed by atoms with van der Waals surface area (Å²) in [6.45, 7) is 5.57. The number of carbonyl (C=O) groups is 2. The summed E-state index contributed by atoms with van der Waals surface area (Å²) in [5.74, 6) is -0.563. The normalized spacial score (nSPS) is 44.9. The molecule has 11 nitrogen and oxygen atoms in total. The highest BCUT2D eigenvalue weighted by Crippen LogP contribution is 2.52. The summed E-state index contributed by atoms with van der Waals surface area (Å²) in [4.78, 5) is 27.5. The molecule has 4 aliphatic heterocycles. The van der Waals surface area contributed by atoms with Gasteiger partial charge in [-0.05, 0) is 90.0 Å². The van der Waals surface area contributed by atoms with Crippen molar-refractivity contribution in [2.24, 2.45) is 47.0 Å². The Bertz CT molecular complexity index is 1120. The van der Waals surface area contributed by atoms with Crippen LogP contribution in [0.4, 0.5) is 0 Å². The maximum Gasteiger partial charge on any atom is 0.334 e. The summed E-state index contributed by atoms with van der Waals surface area (Å²) in [6.07, 6.45) is 9.88. The second kappa shape index (κ2) is 15.2. The van der Waals surface area contributed by atoms with Gasteiger partial charge in [0.25, 0.3) is 0 Å².